The van der Waals surface area contributed by atoms with E-state index in [1.165, 1.54) is 0 Å². The fraction of sp³-hybridized carbons (Fsp3) is 0.579. The Morgan fingerprint density at radius 3 is 2.68 bits per heavy atom. The largest absolute Gasteiger partial charge is 0.486 e. The second-order valence-corrected chi connectivity index (χ2v) is 7.22. The van der Waals surface area contributed by atoms with Crippen LogP contribution in [0, 0.1) is 5.92 Å². The quantitative estimate of drug-likeness (QED) is 0.361. The molecule has 2 heterocycles. The summed E-state index contributed by atoms with van der Waals surface area (Å²) in [6.45, 7) is 3.44. The maximum Gasteiger partial charge on any atom is 0.220 e. The molecule has 0 atom stereocenters. The van der Waals surface area contributed by atoms with Crippen molar-refractivity contribution in [1.29, 1.82) is 0 Å². The predicted molar refractivity (Wildman–Crippen MR) is 121 cm³/mol. The molecular weight excluding hydrogens is 495 g/mol. The van der Waals surface area contributed by atoms with Gasteiger partial charge >= 0.3 is 0 Å². The zero-order valence-corrected chi connectivity index (χ0v) is 19.4. The maximum atomic E-state index is 11.5. The molecule has 0 bridgehead atoms. The number of piperidine rings is 1. The van der Waals surface area contributed by atoms with Gasteiger partial charge < -0.3 is 25.0 Å². The normalized spacial score (nSPS) is 17.0. The zero-order chi connectivity index (χ0) is 19.2. The summed E-state index contributed by atoms with van der Waals surface area (Å²) in [5.41, 5.74) is 1.01. The lowest BCUT2D eigenvalue weighted by Crippen LogP contribution is -2.45. The molecular formula is C19H28ClIN4O3. The van der Waals surface area contributed by atoms with E-state index in [9.17, 15) is 4.79 Å². The van der Waals surface area contributed by atoms with Crippen molar-refractivity contribution in [3.05, 3.63) is 22.7 Å². The number of benzene rings is 1. The van der Waals surface area contributed by atoms with E-state index in [-0.39, 0.29) is 29.9 Å². The number of carbonyl (C=O) groups is 1. The van der Waals surface area contributed by atoms with Crippen LogP contribution in [0.3, 0.4) is 0 Å². The highest BCUT2D eigenvalue weighted by Crippen LogP contribution is 2.38. The molecule has 3 rings (SSSR count). The summed E-state index contributed by atoms with van der Waals surface area (Å²) in [7, 11) is 3.48. The van der Waals surface area contributed by atoms with Crippen molar-refractivity contribution >= 4 is 47.4 Å². The minimum atomic E-state index is 0. The SMILES string of the molecule is CN=C(NCc1cc(Cl)c2c(c1)OCCO2)N1CCC(CC(=O)NC)CC1.I. The van der Waals surface area contributed by atoms with Gasteiger partial charge in [-0.3, -0.25) is 9.79 Å². The van der Waals surface area contributed by atoms with Crippen LogP contribution in [0.1, 0.15) is 24.8 Å². The monoisotopic (exact) mass is 522 g/mol. The van der Waals surface area contributed by atoms with Crippen molar-refractivity contribution in [2.45, 2.75) is 25.8 Å². The van der Waals surface area contributed by atoms with Gasteiger partial charge in [0.15, 0.2) is 17.5 Å². The number of nitrogens with one attached hydrogen (secondary N) is 2. The Balaban J connectivity index is 0.00000280. The van der Waals surface area contributed by atoms with Gasteiger partial charge in [0.1, 0.15) is 13.2 Å². The molecule has 1 aromatic rings. The van der Waals surface area contributed by atoms with Gasteiger partial charge in [0.2, 0.25) is 5.91 Å². The van der Waals surface area contributed by atoms with Gasteiger partial charge in [0.05, 0.1) is 5.02 Å². The van der Waals surface area contributed by atoms with Crippen molar-refractivity contribution in [2.75, 3.05) is 40.4 Å². The lowest BCUT2D eigenvalue weighted by molar-refractivity contribution is -0.121. The van der Waals surface area contributed by atoms with Crippen LogP contribution < -0.4 is 20.1 Å². The number of hydrogen-bond donors (Lipinski definition) is 2. The summed E-state index contributed by atoms with van der Waals surface area (Å²) in [5, 5.41) is 6.67. The van der Waals surface area contributed by atoms with Gasteiger partial charge in [0.25, 0.3) is 0 Å². The lowest BCUT2D eigenvalue weighted by atomic mass is 9.93. The van der Waals surface area contributed by atoms with Crippen LogP contribution in [0.2, 0.25) is 5.02 Å². The molecule has 0 radical (unpaired) electrons. The van der Waals surface area contributed by atoms with E-state index in [0.29, 0.717) is 48.6 Å². The number of rotatable bonds is 4. The number of fused-ring (bicyclic) bond motifs is 1. The third-order valence-corrected chi connectivity index (χ3v) is 5.27. The van der Waals surface area contributed by atoms with Gasteiger partial charge in [-0.2, -0.15) is 0 Å². The van der Waals surface area contributed by atoms with E-state index in [4.69, 9.17) is 21.1 Å². The summed E-state index contributed by atoms with van der Waals surface area (Å²) < 4.78 is 11.2. The van der Waals surface area contributed by atoms with Crippen molar-refractivity contribution in [3.8, 4) is 11.5 Å². The highest BCUT2D eigenvalue weighted by molar-refractivity contribution is 14.0. The first-order valence-electron chi connectivity index (χ1n) is 9.35. The smallest absolute Gasteiger partial charge is 0.220 e. The molecule has 2 aliphatic rings. The van der Waals surface area contributed by atoms with E-state index < -0.39 is 0 Å². The van der Waals surface area contributed by atoms with Crippen molar-refractivity contribution in [2.24, 2.45) is 10.9 Å². The third-order valence-electron chi connectivity index (χ3n) is 4.99. The van der Waals surface area contributed by atoms with Crippen molar-refractivity contribution in [3.63, 3.8) is 0 Å². The van der Waals surface area contributed by atoms with E-state index in [1.807, 2.05) is 12.1 Å². The molecule has 0 saturated carbocycles. The first-order chi connectivity index (χ1) is 13.1. The second kappa shape index (κ2) is 10.9. The van der Waals surface area contributed by atoms with Gasteiger partial charge in [-0.1, -0.05) is 11.6 Å². The molecule has 156 valence electrons. The highest BCUT2D eigenvalue weighted by atomic mass is 127. The first-order valence-corrected chi connectivity index (χ1v) is 9.72. The minimum absolute atomic E-state index is 0. The Kier molecular flexibility index (Phi) is 8.94. The number of hydrogen-bond acceptors (Lipinski definition) is 4. The van der Waals surface area contributed by atoms with Crippen LogP contribution >= 0.6 is 35.6 Å². The van der Waals surface area contributed by atoms with Gasteiger partial charge in [-0.05, 0) is 36.5 Å². The third kappa shape index (κ3) is 5.79. The molecule has 9 heteroatoms. The van der Waals surface area contributed by atoms with E-state index in [1.54, 1.807) is 14.1 Å². The number of amides is 1. The molecule has 0 aromatic heterocycles. The molecule has 0 spiro atoms. The molecule has 1 saturated heterocycles. The van der Waals surface area contributed by atoms with Crippen molar-refractivity contribution < 1.29 is 14.3 Å². The maximum absolute atomic E-state index is 11.5. The first kappa shape index (κ1) is 22.9. The Labute approximate surface area is 188 Å². The molecule has 0 unspecified atom stereocenters. The molecule has 2 N–H and O–H groups in total. The number of ether oxygens (including phenoxy) is 2. The van der Waals surface area contributed by atoms with Crippen LogP contribution in [-0.4, -0.2) is 57.2 Å². The number of guanidine groups is 1. The molecule has 1 amide bonds. The van der Waals surface area contributed by atoms with Gasteiger partial charge in [-0.25, -0.2) is 0 Å². The summed E-state index contributed by atoms with van der Waals surface area (Å²) in [6.07, 6.45) is 2.58. The molecule has 1 aromatic carbocycles. The van der Waals surface area contributed by atoms with E-state index in [2.05, 4.69) is 20.5 Å². The van der Waals surface area contributed by atoms with Crippen LogP contribution in [0.15, 0.2) is 17.1 Å². The molecule has 2 aliphatic heterocycles. The number of carbonyl (C=O) groups excluding carboxylic acids is 1. The number of likely N-dealkylation sites (tertiary alicyclic amines) is 1. The van der Waals surface area contributed by atoms with Crippen molar-refractivity contribution in [1.82, 2.24) is 15.5 Å². The summed E-state index contributed by atoms with van der Waals surface area (Å²) in [5.74, 6) is 2.73. The molecule has 0 aliphatic carbocycles. The topological polar surface area (TPSA) is 75.2 Å². The Hall–Kier alpha value is -1.42. The Bertz CT molecular complexity index is 709. The van der Waals surface area contributed by atoms with Crippen LogP contribution in [0.4, 0.5) is 0 Å². The average Bonchev–Trinajstić information content (AvgIpc) is 2.69. The Morgan fingerprint density at radius 2 is 2.00 bits per heavy atom. The standard InChI is InChI=1S/C19H27ClN4O3.HI/c1-21-17(25)11-13-3-5-24(6-4-13)19(22-2)23-12-14-9-15(20)18-16(10-14)26-7-8-27-18;/h9-10,13H,3-8,11-12H2,1-2H3,(H,21,25)(H,22,23);1H. The van der Waals surface area contributed by atoms with Gasteiger partial charge in [-0.15, -0.1) is 24.0 Å². The fourth-order valence-corrected chi connectivity index (χ4v) is 3.78. The highest BCUT2D eigenvalue weighted by Gasteiger charge is 2.23. The van der Waals surface area contributed by atoms with Gasteiger partial charge in [0, 0.05) is 40.2 Å². The predicted octanol–water partition coefficient (Wildman–Crippen LogP) is 2.65. The summed E-state index contributed by atoms with van der Waals surface area (Å²) in [6, 6.07) is 3.85. The molecule has 7 nitrogen and oxygen atoms in total. The second-order valence-electron chi connectivity index (χ2n) is 6.81. The molecule has 1 fully saturated rings. The average molecular weight is 523 g/mol. The fourth-order valence-electron chi connectivity index (χ4n) is 3.49. The summed E-state index contributed by atoms with van der Waals surface area (Å²) >= 11 is 6.31. The number of aliphatic imine (C=N–C) groups is 1. The van der Waals surface area contributed by atoms with E-state index in [0.717, 1.165) is 37.5 Å². The zero-order valence-electron chi connectivity index (χ0n) is 16.3. The summed E-state index contributed by atoms with van der Waals surface area (Å²) in [4.78, 5) is 18.2. The van der Waals surface area contributed by atoms with Crippen LogP contribution in [0.25, 0.3) is 0 Å². The number of nitrogens with zero attached hydrogens (tertiary/aromatic N) is 2. The molecule has 28 heavy (non-hydrogen) atoms. The number of halogens is 2. The van der Waals surface area contributed by atoms with Crippen LogP contribution in [0.5, 0.6) is 11.5 Å². The Morgan fingerprint density at radius 1 is 1.29 bits per heavy atom. The lowest BCUT2D eigenvalue weighted by Gasteiger charge is -2.34. The van der Waals surface area contributed by atoms with Crippen LogP contribution in [-0.2, 0) is 11.3 Å². The minimum Gasteiger partial charge on any atom is -0.486 e. The van der Waals surface area contributed by atoms with E-state index >= 15 is 0 Å².